The Morgan fingerprint density at radius 1 is 1.29 bits per heavy atom. The molecule has 2 aromatic heterocycles. The monoisotopic (exact) mass is 350 g/mol. The summed E-state index contributed by atoms with van der Waals surface area (Å²) >= 11 is 10.8. The Bertz CT molecular complexity index is 431. The molecule has 1 unspecified atom stereocenters. The quantitative estimate of drug-likeness (QED) is 0.638. The molecule has 1 atom stereocenters. The van der Waals surface area contributed by atoms with Gasteiger partial charge in [0.2, 0.25) is 0 Å². The molecule has 0 aromatic carbocycles. The van der Waals surface area contributed by atoms with E-state index in [2.05, 4.69) is 61.7 Å². The van der Waals surface area contributed by atoms with Crippen LogP contribution in [0.1, 0.15) is 20.8 Å². The van der Waals surface area contributed by atoms with E-state index in [9.17, 15) is 0 Å². The average Bonchev–Trinajstić information content (AvgIpc) is 2.73. The van der Waals surface area contributed by atoms with Crippen molar-refractivity contribution in [3.63, 3.8) is 0 Å². The van der Waals surface area contributed by atoms with Gasteiger partial charge in [-0.3, -0.25) is 0 Å². The van der Waals surface area contributed by atoms with Gasteiger partial charge in [-0.2, -0.15) is 11.3 Å². The smallest absolute Gasteiger partial charge is 0.0749 e. The van der Waals surface area contributed by atoms with E-state index in [4.69, 9.17) is 0 Å². The first kappa shape index (κ1) is 10.9. The lowest BCUT2D eigenvalue weighted by Crippen LogP contribution is -1.88. The maximum atomic E-state index is 3.73. The van der Waals surface area contributed by atoms with E-state index in [-0.39, 0.29) is 0 Å². The van der Waals surface area contributed by atoms with Gasteiger partial charge in [-0.05, 0) is 56.9 Å². The van der Waals surface area contributed by atoms with Crippen LogP contribution in [0.2, 0.25) is 0 Å². The Hall–Kier alpha value is 0.360. The van der Waals surface area contributed by atoms with Crippen LogP contribution >= 0.6 is 54.5 Å². The third-order valence-corrected chi connectivity index (χ3v) is 5.87. The van der Waals surface area contributed by atoms with Crippen molar-refractivity contribution in [2.75, 3.05) is 0 Å². The fourth-order valence-corrected chi connectivity index (χ4v) is 4.65. The van der Waals surface area contributed by atoms with Gasteiger partial charge >= 0.3 is 0 Å². The molecule has 0 bridgehead atoms. The standard InChI is InChI=1S/C10H8Br2S2/c1-6-4-13-5-7(6)10(12)8-2-3-9(11)14-8/h2-5,10H,1H3. The summed E-state index contributed by atoms with van der Waals surface area (Å²) in [5.41, 5.74) is 2.74. The molecule has 0 spiro atoms. The third kappa shape index (κ3) is 2.13. The van der Waals surface area contributed by atoms with Gasteiger partial charge < -0.3 is 0 Å². The molecule has 14 heavy (non-hydrogen) atoms. The van der Waals surface area contributed by atoms with Crippen LogP contribution in [-0.2, 0) is 0 Å². The van der Waals surface area contributed by atoms with E-state index < -0.39 is 0 Å². The molecule has 0 saturated carbocycles. The van der Waals surface area contributed by atoms with Crippen LogP contribution in [0.3, 0.4) is 0 Å². The molecular weight excluding hydrogens is 344 g/mol. The number of rotatable bonds is 2. The van der Waals surface area contributed by atoms with Gasteiger partial charge in [0.05, 0.1) is 8.61 Å². The second kappa shape index (κ2) is 4.47. The predicted octanol–water partition coefficient (Wildman–Crippen LogP) is 5.36. The molecule has 0 aliphatic heterocycles. The van der Waals surface area contributed by atoms with Crippen molar-refractivity contribution in [1.82, 2.24) is 0 Å². The van der Waals surface area contributed by atoms with E-state index in [0.29, 0.717) is 4.83 Å². The van der Waals surface area contributed by atoms with Crippen LogP contribution in [-0.4, -0.2) is 0 Å². The van der Waals surface area contributed by atoms with Crippen molar-refractivity contribution in [2.45, 2.75) is 11.8 Å². The molecule has 2 aromatic rings. The number of alkyl halides is 1. The summed E-state index contributed by atoms with van der Waals surface area (Å²) in [5.74, 6) is 0. The van der Waals surface area contributed by atoms with Crippen molar-refractivity contribution in [3.05, 3.63) is 42.7 Å². The average molecular weight is 352 g/mol. The number of hydrogen-bond donors (Lipinski definition) is 0. The highest BCUT2D eigenvalue weighted by atomic mass is 79.9. The van der Waals surface area contributed by atoms with Crippen molar-refractivity contribution in [1.29, 1.82) is 0 Å². The SMILES string of the molecule is Cc1cscc1C(Br)c1ccc(Br)s1. The van der Waals surface area contributed by atoms with Gasteiger partial charge in [-0.15, -0.1) is 11.3 Å². The van der Waals surface area contributed by atoms with Gasteiger partial charge in [-0.1, -0.05) is 15.9 Å². The number of aryl methyl sites for hydroxylation is 1. The first-order valence-corrected chi connectivity index (χ1v) is 7.57. The van der Waals surface area contributed by atoms with Crippen LogP contribution in [0, 0.1) is 6.92 Å². The van der Waals surface area contributed by atoms with Crippen molar-refractivity contribution in [2.24, 2.45) is 0 Å². The molecule has 0 radical (unpaired) electrons. The zero-order valence-electron chi connectivity index (χ0n) is 7.46. The van der Waals surface area contributed by atoms with Crippen LogP contribution in [0.25, 0.3) is 0 Å². The number of halogens is 2. The van der Waals surface area contributed by atoms with Crippen molar-refractivity contribution in [3.8, 4) is 0 Å². The summed E-state index contributed by atoms with van der Waals surface area (Å²) in [6, 6.07) is 4.25. The normalized spacial score (nSPS) is 13.1. The molecule has 74 valence electrons. The van der Waals surface area contributed by atoms with Crippen LogP contribution in [0.4, 0.5) is 0 Å². The lowest BCUT2D eigenvalue weighted by atomic mass is 10.1. The largest absolute Gasteiger partial charge is 0.152 e. The minimum absolute atomic E-state index is 0.338. The Balaban J connectivity index is 2.33. The molecule has 0 amide bonds. The number of thiophene rings is 2. The molecule has 0 saturated heterocycles. The summed E-state index contributed by atoms with van der Waals surface area (Å²) in [6.45, 7) is 2.16. The van der Waals surface area contributed by atoms with Gasteiger partial charge in [0.25, 0.3) is 0 Å². The summed E-state index contributed by atoms with van der Waals surface area (Å²) in [7, 11) is 0. The molecule has 0 aliphatic rings. The van der Waals surface area contributed by atoms with Gasteiger partial charge in [-0.25, -0.2) is 0 Å². The highest BCUT2D eigenvalue weighted by molar-refractivity contribution is 9.11. The van der Waals surface area contributed by atoms with Gasteiger partial charge in [0, 0.05) is 4.88 Å². The third-order valence-electron chi connectivity index (χ3n) is 2.01. The maximum absolute atomic E-state index is 3.73. The van der Waals surface area contributed by atoms with Gasteiger partial charge in [0.1, 0.15) is 0 Å². The topological polar surface area (TPSA) is 0 Å². The fourth-order valence-electron chi connectivity index (χ4n) is 1.25. The van der Waals surface area contributed by atoms with E-state index in [1.165, 1.54) is 19.8 Å². The molecule has 4 heteroatoms. The highest BCUT2D eigenvalue weighted by Gasteiger charge is 2.14. The van der Waals surface area contributed by atoms with E-state index in [1.54, 1.807) is 22.7 Å². The van der Waals surface area contributed by atoms with Crippen molar-refractivity contribution >= 4 is 54.5 Å². The Morgan fingerprint density at radius 2 is 2.07 bits per heavy atom. The highest BCUT2D eigenvalue weighted by Crippen LogP contribution is 2.39. The molecule has 0 aliphatic carbocycles. The zero-order valence-corrected chi connectivity index (χ0v) is 12.3. The minimum Gasteiger partial charge on any atom is -0.152 e. The molecule has 2 heterocycles. The van der Waals surface area contributed by atoms with Crippen LogP contribution < -0.4 is 0 Å². The summed E-state index contributed by atoms with van der Waals surface area (Å²) in [5, 5.41) is 4.40. The Kier molecular flexibility index (Phi) is 3.47. The Labute approximate surface area is 108 Å². The maximum Gasteiger partial charge on any atom is 0.0749 e. The first-order valence-electron chi connectivity index (χ1n) is 4.10. The molecule has 2 rings (SSSR count). The first-order chi connectivity index (χ1) is 6.68. The van der Waals surface area contributed by atoms with Crippen molar-refractivity contribution < 1.29 is 0 Å². The van der Waals surface area contributed by atoms with Crippen LogP contribution in [0.15, 0.2) is 26.7 Å². The van der Waals surface area contributed by atoms with Crippen LogP contribution in [0.5, 0.6) is 0 Å². The zero-order chi connectivity index (χ0) is 10.1. The van der Waals surface area contributed by atoms with E-state index in [0.717, 1.165) is 0 Å². The summed E-state index contributed by atoms with van der Waals surface area (Å²) in [4.78, 5) is 1.68. The van der Waals surface area contributed by atoms with E-state index >= 15 is 0 Å². The lowest BCUT2D eigenvalue weighted by molar-refractivity contribution is 1.21. The fraction of sp³-hybridized carbons (Fsp3) is 0.200. The summed E-state index contributed by atoms with van der Waals surface area (Å²) in [6.07, 6.45) is 0. The van der Waals surface area contributed by atoms with E-state index in [1.807, 2.05) is 0 Å². The second-order valence-corrected chi connectivity index (χ2v) is 7.17. The molecular formula is C10H8Br2S2. The predicted molar refractivity (Wildman–Crippen MR) is 71.8 cm³/mol. The van der Waals surface area contributed by atoms with Gasteiger partial charge in [0.15, 0.2) is 0 Å². The molecule has 0 nitrogen and oxygen atoms in total. The lowest BCUT2D eigenvalue weighted by Gasteiger charge is -2.06. The summed E-state index contributed by atoms with van der Waals surface area (Å²) < 4.78 is 1.19. The minimum atomic E-state index is 0.338. The molecule has 0 N–H and O–H groups in total. The number of hydrogen-bond acceptors (Lipinski definition) is 2. The second-order valence-electron chi connectivity index (χ2n) is 3.01. The Morgan fingerprint density at radius 3 is 2.57 bits per heavy atom. The molecule has 0 fully saturated rings.